The number of carbonyl (C=O) groups excluding carboxylic acids is 1. The molecule has 1 N–H and O–H groups in total. The molecule has 1 heterocycles. The van der Waals surface area contributed by atoms with Crippen LogP contribution in [0.4, 0.5) is 0 Å². The Labute approximate surface area is 167 Å². The van der Waals surface area contributed by atoms with Gasteiger partial charge >= 0.3 is 0 Å². The lowest BCUT2D eigenvalue weighted by atomic mass is 9.97. The molecule has 0 aliphatic heterocycles. The van der Waals surface area contributed by atoms with Gasteiger partial charge in [-0.1, -0.05) is 96.5 Å². The van der Waals surface area contributed by atoms with Crippen LogP contribution in [0.5, 0.6) is 0 Å². The highest BCUT2D eigenvalue weighted by Gasteiger charge is 2.19. The zero-order chi connectivity index (χ0) is 19.3. The SMILES string of the molecule is O=C(N/N=C/c1ccccc1)c1nc(Cl)c2ccccc2c1-c1ccccc1. The summed E-state index contributed by atoms with van der Waals surface area (Å²) in [5.41, 5.74) is 5.30. The van der Waals surface area contributed by atoms with Crippen molar-refractivity contribution in [2.45, 2.75) is 0 Å². The molecule has 0 fully saturated rings. The Balaban J connectivity index is 1.78. The first-order chi connectivity index (χ1) is 13.7. The number of hydrogen-bond donors (Lipinski definition) is 1. The van der Waals surface area contributed by atoms with Gasteiger partial charge in [-0.05, 0) is 16.5 Å². The van der Waals surface area contributed by atoms with Gasteiger partial charge in [0.25, 0.3) is 5.91 Å². The number of hydrogen-bond acceptors (Lipinski definition) is 3. The molecule has 0 spiro atoms. The minimum absolute atomic E-state index is 0.236. The topological polar surface area (TPSA) is 54.4 Å². The first-order valence-electron chi connectivity index (χ1n) is 8.76. The summed E-state index contributed by atoms with van der Waals surface area (Å²) in [7, 11) is 0. The van der Waals surface area contributed by atoms with Crippen LogP contribution >= 0.6 is 11.6 Å². The van der Waals surface area contributed by atoms with Crippen LogP contribution in [-0.2, 0) is 0 Å². The first-order valence-corrected chi connectivity index (χ1v) is 9.14. The number of amides is 1. The van der Waals surface area contributed by atoms with Crippen molar-refractivity contribution in [2.75, 3.05) is 0 Å². The van der Waals surface area contributed by atoms with Gasteiger partial charge in [0.1, 0.15) is 10.8 Å². The molecule has 4 rings (SSSR count). The highest BCUT2D eigenvalue weighted by Crippen LogP contribution is 2.34. The van der Waals surface area contributed by atoms with Gasteiger partial charge in [-0.25, -0.2) is 10.4 Å². The summed E-state index contributed by atoms with van der Waals surface area (Å²) < 4.78 is 0. The molecule has 0 aliphatic rings. The third-order valence-corrected chi connectivity index (χ3v) is 4.61. The minimum atomic E-state index is -0.418. The number of nitrogens with one attached hydrogen (secondary N) is 1. The molecule has 4 nitrogen and oxygen atoms in total. The second-order valence-corrected chi connectivity index (χ2v) is 6.51. The van der Waals surface area contributed by atoms with E-state index in [0.717, 1.165) is 27.5 Å². The van der Waals surface area contributed by atoms with Crippen LogP contribution in [0, 0.1) is 0 Å². The molecule has 0 saturated heterocycles. The van der Waals surface area contributed by atoms with Crippen molar-refractivity contribution in [1.82, 2.24) is 10.4 Å². The smallest absolute Gasteiger partial charge is 0.266 e. The number of pyridine rings is 1. The van der Waals surface area contributed by atoms with Gasteiger partial charge in [0, 0.05) is 10.9 Å². The van der Waals surface area contributed by atoms with Crippen LogP contribution in [-0.4, -0.2) is 17.1 Å². The zero-order valence-electron chi connectivity index (χ0n) is 14.8. The average Bonchev–Trinajstić information content (AvgIpc) is 2.75. The maximum Gasteiger partial charge on any atom is 0.290 e. The third-order valence-electron chi connectivity index (χ3n) is 4.32. The number of hydrazone groups is 1. The van der Waals surface area contributed by atoms with E-state index in [1.165, 1.54) is 0 Å². The van der Waals surface area contributed by atoms with Crippen LogP contribution in [0.3, 0.4) is 0 Å². The van der Waals surface area contributed by atoms with Crippen molar-refractivity contribution in [3.05, 3.63) is 101 Å². The normalized spacial score (nSPS) is 11.0. The van der Waals surface area contributed by atoms with Gasteiger partial charge in [-0.3, -0.25) is 4.79 Å². The van der Waals surface area contributed by atoms with Crippen molar-refractivity contribution in [2.24, 2.45) is 5.10 Å². The Hall–Kier alpha value is -3.50. The Kier molecular flexibility index (Phi) is 5.13. The predicted molar refractivity (Wildman–Crippen MR) is 114 cm³/mol. The molecule has 0 radical (unpaired) electrons. The summed E-state index contributed by atoms with van der Waals surface area (Å²) in [5.74, 6) is -0.418. The summed E-state index contributed by atoms with van der Waals surface area (Å²) in [4.78, 5) is 17.3. The van der Waals surface area contributed by atoms with E-state index in [1.54, 1.807) is 6.21 Å². The molecule has 0 bridgehead atoms. The zero-order valence-corrected chi connectivity index (χ0v) is 15.6. The molecular formula is C23H16ClN3O. The average molecular weight is 386 g/mol. The molecular weight excluding hydrogens is 370 g/mol. The van der Waals surface area contributed by atoms with Crippen molar-refractivity contribution < 1.29 is 4.79 Å². The largest absolute Gasteiger partial charge is 0.290 e. The van der Waals surface area contributed by atoms with Gasteiger partial charge in [0.2, 0.25) is 0 Å². The van der Waals surface area contributed by atoms with Crippen molar-refractivity contribution >= 4 is 34.5 Å². The van der Waals surface area contributed by atoms with E-state index < -0.39 is 5.91 Å². The van der Waals surface area contributed by atoms with E-state index in [9.17, 15) is 4.79 Å². The molecule has 0 atom stereocenters. The fraction of sp³-hybridized carbons (Fsp3) is 0. The number of nitrogens with zero attached hydrogens (tertiary/aromatic N) is 2. The fourth-order valence-electron chi connectivity index (χ4n) is 3.04. The van der Waals surface area contributed by atoms with E-state index in [-0.39, 0.29) is 10.8 Å². The van der Waals surface area contributed by atoms with Crippen molar-refractivity contribution in [3.8, 4) is 11.1 Å². The summed E-state index contributed by atoms with van der Waals surface area (Å²) in [6, 6.07) is 26.8. The van der Waals surface area contributed by atoms with Gasteiger partial charge in [-0.15, -0.1) is 0 Å². The number of rotatable bonds is 4. The molecule has 28 heavy (non-hydrogen) atoms. The lowest BCUT2D eigenvalue weighted by Gasteiger charge is -2.13. The van der Waals surface area contributed by atoms with Crippen molar-refractivity contribution in [3.63, 3.8) is 0 Å². The van der Waals surface area contributed by atoms with Gasteiger partial charge in [0.05, 0.1) is 6.21 Å². The molecule has 5 heteroatoms. The lowest BCUT2D eigenvalue weighted by Crippen LogP contribution is -2.20. The highest BCUT2D eigenvalue weighted by molar-refractivity contribution is 6.35. The predicted octanol–water partition coefficient (Wildman–Crippen LogP) is 5.32. The maximum atomic E-state index is 12.9. The number of benzene rings is 3. The second kappa shape index (κ2) is 8.03. The maximum absolute atomic E-state index is 12.9. The Morgan fingerprint density at radius 2 is 1.46 bits per heavy atom. The minimum Gasteiger partial charge on any atom is -0.266 e. The fourth-order valence-corrected chi connectivity index (χ4v) is 3.29. The number of aromatic nitrogens is 1. The Bertz CT molecular complexity index is 1160. The number of carbonyl (C=O) groups is 1. The first kappa shape index (κ1) is 17.9. The van der Waals surface area contributed by atoms with Crippen LogP contribution in [0.25, 0.3) is 21.9 Å². The number of fused-ring (bicyclic) bond motifs is 1. The second-order valence-electron chi connectivity index (χ2n) is 6.15. The van der Waals surface area contributed by atoms with Crippen LogP contribution < -0.4 is 5.43 Å². The molecule has 136 valence electrons. The summed E-state index contributed by atoms with van der Waals surface area (Å²) in [5, 5.41) is 6.00. The summed E-state index contributed by atoms with van der Waals surface area (Å²) >= 11 is 6.37. The lowest BCUT2D eigenvalue weighted by molar-refractivity contribution is 0.0951. The van der Waals surface area contributed by atoms with E-state index >= 15 is 0 Å². The summed E-state index contributed by atoms with van der Waals surface area (Å²) in [6.07, 6.45) is 1.59. The Morgan fingerprint density at radius 1 is 0.857 bits per heavy atom. The third kappa shape index (κ3) is 3.63. The highest BCUT2D eigenvalue weighted by atomic mass is 35.5. The monoisotopic (exact) mass is 385 g/mol. The molecule has 0 aliphatic carbocycles. The molecule has 1 amide bonds. The molecule has 0 saturated carbocycles. The molecule has 4 aromatic rings. The molecule has 3 aromatic carbocycles. The van der Waals surface area contributed by atoms with Gasteiger partial charge in [0.15, 0.2) is 0 Å². The summed E-state index contributed by atoms with van der Waals surface area (Å²) in [6.45, 7) is 0. The molecule has 0 unspecified atom stereocenters. The van der Waals surface area contributed by atoms with E-state index in [1.807, 2.05) is 84.9 Å². The van der Waals surface area contributed by atoms with Crippen LogP contribution in [0.2, 0.25) is 5.15 Å². The van der Waals surface area contributed by atoms with Crippen LogP contribution in [0.1, 0.15) is 16.1 Å². The van der Waals surface area contributed by atoms with E-state index in [2.05, 4.69) is 15.5 Å². The molecule has 1 aromatic heterocycles. The van der Waals surface area contributed by atoms with Gasteiger partial charge in [-0.2, -0.15) is 5.10 Å². The van der Waals surface area contributed by atoms with Gasteiger partial charge < -0.3 is 0 Å². The Morgan fingerprint density at radius 3 is 2.18 bits per heavy atom. The van der Waals surface area contributed by atoms with Crippen LogP contribution in [0.15, 0.2) is 90.0 Å². The van der Waals surface area contributed by atoms with E-state index in [0.29, 0.717) is 0 Å². The quantitative estimate of drug-likeness (QED) is 0.293. The standard InChI is InChI=1S/C23H16ClN3O/c24-22-19-14-8-7-13-18(19)20(17-11-5-2-6-12-17)21(26-22)23(28)27-25-15-16-9-3-1-4-10-16/h1-15H,(H,27,28)/b25-15+. The van der Waals surface area contributed by atoms with Crippen molar-refractivity contribution in [1.29, 1.82) is 0 Å². The number of halogens is 1. The van der Waals surface area contributed by atoms with E-state index in [4.69, 9.17) is 11.6 Å².